The molecule has 0 aliphatic heterocycles. The summed E-state index contributed by atoms with van der Waals surface area (Å²) >= 11 is 11.9. The van der Waals surface area contributed by atoms with E-state index in [0.717, 1.165) is 11.1 Å². The summed E-state index contributed by atoms with van der Waals surface area (Å²) in [6.45, 7) is 3.88. The molecule has 5 nitrogen and oxygen atoms in total. The number of hydrogen-bond donors (Lipinski definition) is 2. The molecular formula is C21H18Cl2N2O3S. The van der Waals surface area contributed by atoms with Crippen molar-refractivity contribution in [3.63, 3.8) is 0 Å². The summed E-state index contributed by atoms with van der Waals surface area (Å²) in [5.41, 5.74) is 3.26. The molecule has 150 valence electrons. The van der Waals surface area contributed by atoms with Crippen molar-refractivity contribution in [2.75, 3.05) is 10.0 Å². The summed E-state index contributed by atoms with van der Waals surface area (Å²) in [6, 6.07) is 16.1. The fraction of sp³-hybridized carbons (Fsp3) is 0.0952. The third-order valence-electron chi connectivity index (χ3n) is 4.19. The monoisotopic (exact) mass is 448 g/mol. The number of halogens is 2. The van der Waals surface area contributed by atoms with Crippen LogP contribution in [-0.4, -0.2) is 14.3 Å². The molecule has 0 bridgehead atoms. The van der Waals surface area contributed by atoms with Crippen LogP contribution in [0.3, 0.4) is 0 Å². The molecule has 3 rings (SSSR count). The lowest BCUT2D eigenvalue weighted by atomic mass is 10.1. The van der Waals surface area contributed by atoms with Crippen LogP contribution in [0.4, 0.5) is 11.4 Å². The van der Waals surface area contributed by atoms with Gasteiger partial charge in [-0.15, -0.1) is 0 Å². The van der Waals surface area contributed by atoms with Gasteiger partial charge in [-0.3, -0.25) is 9.52 Å². The smallest absolute Gasteiger partial charge is 0.263 e. The quantitative estimate of drug-likeness (QED) is 0.528. The first kappa shape index (κ1) is 21.2. The van der Waals surface area contributed by atoms with E-state index in [1.54, 1.807) is 18.2 Å². The molecule has 29 heavy (non-hydrogen) atoms. The van der Waals surface area contributed by atoms with E-state index in [1.165, 1.54) is 24.3 Å². The van der Waals surface area contributed by atoms with Gasteiger partial charge in [0.15, 0.2) is 0 Å². The molecule has 1 amide bonds. The van der Waals surface area contributed by atoms with E-state index < -0.39 is 10.0 Å². The highest BCUT2D eigenvalue weighted by Crippen LogP contribution is 2.27. The van der Waals surface area contributed by atoms with E-state index in [9.17, 15) is 13.2 Å². The lowest BCUT2D eigenvalue weighted by molar-refractivity contribution is 0.102. The van der Waals surface area contributed by atoms with Crippen molar-refractivity contribution in [3.05, 3.63) is 87.4 Å². The molecule has 0 aliphatic rings. The molecule has 0 heterocycles. The summed E-state index contributed by atoms with van der Waals surface area (Å²) in [5.74, 6) is -0.348. The minimum atomic E-state index is -3.98. The first-order valence-electron chi connectivity index (χ1n) is 8.62. The van der Waals surface area contributed by atoms with Gasteiger partial charge >= 0.3 is 0 Å². The standard InChI is InChI=1S/C21H18Cl2N2O3S/c1-13-6-9-19(14(2)10-13)24-21(26)15-4-3-5-17(11-15)25-29(27,28)20-12-16(22)7-8-18(20)23/h3-12,25H,1-2H3,(H,24,26). The first-order valence-corrected chi connectivity index (χ1v) is 10.9. The van der Waals surface area contributed by atoms with Crippen LogP contribution in [0.5, 0.6) is 0 Å². The molecule has 3 aromatic carbocycles. The van der Waals surface area contributed by atoms with Crippen LogP contribution in [0.15, 0.2) is 65.6 Å². The molecule has 0 fully saturated rings. The molecule has 2 N–H and O–H groups in total. The zero-order valence-electron chi connectivity index (χ0n) is 15.7. The maximum Gasteiger partial charge on any atom is 0.263 e. The number of carbonyl (C=O) groups excluding carboxylic acids is 1. The van der Waals surface area contributed by atoms with Crippen molar-refractivity contribution in [1.29, 1.82) is 0 Å². The molecule has 0 saturated carbocycles. The van der Waals surface area contributed by atoms with Gasteiger partial charge in [0.25, 0.3) is 15.9 Å². The molecule has 0 atom stereocenters. The van der Waals surface area contributed by atoms with Crippen molar-refractivity contribution in [3.8, 4) is 0 Å². The number of carbonyl (C=O) groups is 1. The van der Waals surface area contributed by atoms with Gasteiger partial charge in [0.1, 0.15) is 4.90 Å². The Bertz CT molecular complexity index is 1190. The van der Waals surface area contributed by atoms with Gasteiger partial charge in [0.05, 0.1) is 5.02 Å². The van der Waals surface area contributed by atoms with E-state index in [0.29, 0.717) is 11.3 Å². The summed E-state index contributed by atoms with van der Waals surface area (Å²) in [6.07, 6.45) is 0. The largest absolute Gasteiger partial charge is 0.322 e. The SMILES string of the molecule is Cc1ccc(NC(=O)c2cccc(NS(=O)(=O)c3cc(Cl)ccc3Cl)c2)c(C)c1. The molecule has 0 radical (unpaired) electrons. The minimum absolute atomic E-state index is 0.0469. The van der Waals surface area contributed by atoms with Crippen molar-refractivity contribution in [2.45, 2.75) is 18.7 Å². The Balaban J connectivity index is 1.83. The highest BCUT2D eigenvalue weighted by Gasteiger charge is 2.19. The predicted octanol–water partition coefficient (Wildman–Crippen LogP) is 5.66. The van der Waals surface area contributed by atoms with Crippen LogP contribution >= 0.6 is 23.2 Å². The molecule has 0 aromatic heterocycles. The van der Waals surface area contributed by atoms with E-state index in [4.69, 9.17) is 23.2 Å². The van der Waals surface area contributed by atoms with Crippen LogP contribution in [-0.2, 0) is 10.0 Å². The zero-order valence-corrected chi connectivity index (χ0v) is 18.0. The summed E-state index contributed by atoms with van der Waals surface area (Å²) < 4.78 is 27.8. The predicted molar refractivity (Wildman–Crippen MR) is 118 cm³/mol. The van der Waals surface area contributed by atoms with Crippen LogP contribution in [0.25, 0.3) is 0 Å². The van der Waals surface area contributed by atoms with Gasteiger partial charge in [0.2, 0.25) is 0 Å². The average molecular weight is 449 g/mol. The molecule has 0 aliphatic carbocycles. The number of aryl methyl sites for hydroxylation is 2. The Kier molecular flexibility index (Phi) is 6.17. The fourth-order valence-corrected chi connectivity index (χ4v) is 4.58. The number of nitrogens with one attached hydrogen (secondary N) is 2. The van der Waals surface area contributed by atoms with Crippen molar-refractivity contribution in [1.82, 2.24) is 0 Å². The third kappa shape index (κ3) is 5.09. The van der Waals surface area contributed by atoms with Crippen molar-refractivity contribution < 1.29 is 13.2 Å². The van der Waals surface area contributed by atoms with Crippen LogP contribution in [0, 0.1) is 13.8 Å². The summed E-state index contributed by atoms with van der Waals surface area (Å²) in [7, 11) is -3.98. The highest BCUT2D eigenvalue weighted by molar-refractivity contribution is 7.92. The zero-order chi connectivity index (χ0) is 21.2. The lowest BCUT2D eigenvalue weighted by Crippen LogP contribution is -2.16. The lowest BCUT2D eigenvalue weighted by Gasteiger charge is -2.12. The maximum atomic E-state index is 12.7. The minimum Gasteiger partial charge on any atom is -0.322 e. The van der Waals surface area contributed by atoms with Gasteiger partial charge in [-0.05, 0) is 61.9 Å². The van der Waals surface area contributed by atoms with E-state index >= 15 is 0 Å². The van der Waals surface area contributed by atoms with Crippen molar-refractivity contribution >= 4 is 50.5 Å². The Morgan fingerprint density at radius 2 is 1.69 bits per heavy atom. The second-order valence-corrected chi connectivity index (χ2v) is 9.03. The first-order chi connectivity index (χ1) is 13.7. The Morgan fingerprint density at radius 3 is 2.41 bits per heavy atom. The van der Waals surface area contributed by atoms with Gasteiger partial charge < -0.3 is 5.32 Å². The molecule has 0 unspecified atom stereocenters. The van der Waals surface area contributed by atoms with E-state index in [-0.39, 0.29) is 26.5 Å². The molecule has 8 heteroatoms. The van der Waals surface area contributed by atoms with E-state index in [1.807, 2.05) is 32.0 Å². The number of sulfonamides is 1. The van der Waals surface area contributed by atoms with Crippen molar-refractivity contribution in [2.24, 2.45) is 0 Å². The van der Waals surface area contributed by atoms with Crippen LogP contribution in [0.1, 0.15) is 21.5 Å². The highest BCUT2D eigenvalue weighted by atomic mass is 35.5. The second kappa shape index (κ2) is 8.45. The molecular weight excluding hydrogens is 431 g/mol. The van der Waals surface area contributed by atoms with Gasteiger partial charge in [-0.25, -0.2) is 8.42 Å². The van der Waals surface area contributed by atoms with Gasteiger partial charge in [-0.2, -0.15) is 0 Å². The fourth-order valence-electron chi connectivity index (χ4n) is 2.77. The van der Waals surface area contributed by atoms with Gasteiger partial charge in [-0.1, -0.05) is 47.0 Å². The Labute approximate surface area is 179 Å². The molecule has 0 spiro atoms. The second-order valence-electron chi connectivity index (χ2n) is 6.53. The number of amides is 1. The Hall–Kier alpha value is -2.54. The third-order valence-corrected chi connectivity index (χ3v) is 6.29. The number of hydrogen-bond acceptors (Lipinski definition) is 3. The number of benzene rings is 3. The van der Waals surface area contributed by atoms with Gasteiger partial charge in [0, 0.05) is 22.0 Å². The number of rotatable bonds is 5. The van der Waals surface area contributed by atoms with Crippen LogP contribution in [0.2, 0.25) is 10.0 Å². The molecule has 3 aromatic rings. The topological polar surface area (TPSA) is 75.3 Å². The molecule has 0 saturated heterocycles. The number of anilines is 2. The normalized spacial score (nSPS) is 11.2. The summed E-state index contributed by atoms with van der Waals surface area (Å²) in [4.78, 5) is 12.5. The summed E-state index contributed by atoms with van der Waals surface area (Å²) in [5, 5.41) is 3.13. The Morgan fingerprint density at radius 1 is 0.931 bits per heavy atom. The average Bonchev–Trinajstić information content (AvgIpc) is 2.65. The maximum absolute atomic E-state index is 12.7. The van der Waals surface area contributed by atoms with E-state index in [2.05, 4.69) is 10.0 Å². The van der Waals surface area contributed by atoms with Crippen LogP contribution < -0.4 is 10.0 Å².